The Morgan fingerprint density at radius 3 is 2.46 bits per heavy atom. The van der Waals surface area contributed by atoms with E-state index in [0.717, 1.165) is 36.6 Å². The number of aryl methyl sites for hydroxylation is 2. The smallest absolute Gasteiger partial charge is 0.329 e. The summed E-state index contributed by atoms with van der Waals surface area (Å²) in [5.41, 5.74) is 3.59. The van der Waals surface area contributed by atoms with Gasteiger partial charge in [0, 0.05) is 50.2 Å². The first-order valence-corrected chi connectivity index (χ1v) is 14.5. The maximum Gasteiger partial charge on any atom is 0.329 e. The van der Waals surface area contributed by atoms with Gasteiger partial charge in [0.15, 0.2) is 0 Å². The minimum atomic E-state index is -0.441. The Morgan fingerprint density at radius 2 is 1.79 bits per heavy atom. The Morgan fingerprint density at radius 1 is 1.05 bits per heavy atom. The van der Waals surface area contributed by atoms with Crippen LogP contribution in [0.15, 0.2) is 58.1 Å². The first kappa shape index (κ1) is 28.4. The molecule has 2 heterocycles. The average Bonchev–Trinajstić information content (AvgIpc) is 2.95. The zero-order valence-electron chi connectivity index (χ0n) is 22.9. The molecule has 39 heavy (non-hydrogen) atoms. The molecule has 0 atom stereocenters. The van der Waals surface area contributed by atoms with Gasteiger partial charge in [-0.05, 0) is 73.0 Å². The number of anilines is 3. The monoisotopic (exact) mass is 551 g/mol. The fourth-order valence-electron chi connectivity index (χ4n) is 4.67. The Bertz CT molecular complexity index is 1350. The highest BCUT2D eigenvalue weighted by Crippen LogP contribution is 2.21. The standard InChI is InChI=1S/C29H37N5O4S/c1-4-22-18-23(7-6-21(22)2)30-26-19-27(35)34(29(37)31-26)12-5-17-39-20-28(36)33-15-13-32(14-16-33)24-8-10-25(38-3)11-9-24/h6-11,18-19,30H,4-5,12-17,20H2,1-3H3,(H,31,37). The van der Waals surface area contributed by atoms with Gasteiger partial charge in [-0.3, -0.25) is 19.1 Å². The lowest BCUT2D eigenvalue weighted by atomic mass is 10.1. The minimum absolute atomic E-state index is 0.127. The van der Waals surface area contributed by atoms with Gasteiger partial charge >= 0.3 is 5.69 Å². The van der Waals surface area contributed by atoms with Crippen molar-refractivity contribution in [3.8, 4) is 5.75 Å². The van der Waals surface area contributed by atoms with Crippen molar-refractivity contribution in [1.29, 1.82) is 0 Å². The Hall–Kier alpha value is -3.66. The van der Waals surface area contributed by atoms with Crippen LogP contribution in [0.3, 0.4) is 0 Å². The second-order valence-electron chi connectivity index (χ2n) is 9.57. The zero-order valence-corrected chi connectivity index (χ0v) is 23.7. The fourth-order valence-corrected chi connectivity index (χ4v) is 5.50. The van der Waals surface area contributed by atoms with Crippen LogP contribution in [0.2, 0.25) is 0 Å². The number of benzene rings is 2. The maximum absolute atomic E-state index is 12.7. The van der Waals surface area contributed by atoms with Crippen molar-refractivity contribution >= 4 is 34.9 Å². The van der Waals surface area contributed by atoms with Crippen LogP contribution in [-0.4, -0.2) is 65.2 Å². The molecule has 1 saturated heterocycles. The SMILES string of the molecule is CCc1cc(Nc2cc(=O)n(CCCSCC(=O)N3CCN(c4ccc(OC)cc4)CC3)c(=O)[nH]2)ccc1C. The number of rotatable bonds is 11. The number of amides is 1. The van der Waals surface area contributed by atoms with E-state index >= 15 is 0 Å². The molecule has 1 aromatic heterocycles. The van der Waals surface area contributed by atoms with E-state index in [0.29, 0.717) is 43.4 Å². The number of carbonyl (C=O) groups excluding carboxylic acids is 1. The molecular weight excluding hydrogens is 514 g/mol. The number of nitrogens with one attached hydrogen (secondary N) is 2. The molecule has 2 N–H and O–H groups in total. The third kappa shape index (κ3) is 7.47. The van der Waals surface area contributed by atoms with Crippen LogP contribution in [0.4, 0.5) is 17.2 Å². The molecule has 1 aliphatic rings. The Labute approximate surface area is 233 Å². The van der Waals surface area contributed by atoms with Crippen LogP contribution in [0.25, 0.3) is 0 Å². The maximum atomic E-state index is 12.7. The Balaban J connectivity index is 1.19. The highest BCUT2D eigenvalue weighted by molar-refractivity contribution is 7.99. The van der Waals surface area contributed by atoms with Crippen LogP contribution in [0.5, 0.6) is 5.75 Å². The highest BCUT2D eigenvalue weighted by Gasteiger charge is 2.21. The van der Waals surface area contributed by atoms with Gasteiger partial charge in [0.2, 0.25) is 5.91 Å². The van der Waals surface area contributed by atoms with E-state index < -0.39 is 5.69 Å². The third-order valence-electron chi connectivity index (χ3n) is 7.00. The van der Waals surface area contributed by atoms with Gasteiger partial charge in [-0.1, -0.05) is 13.0 Å². The molecule has 0 spiro atoms. The lowest BCUT2D eigenvalue weighted by Crippen LogP contribution is -2.49. The van der Waals surface area contributed by atoms with Gasteiger partial charge in [-0.2, -0.15) is 11.8 Å². The molecule has 1 amide bonds. The number of piperazine rings is 1. The molecule has 9 nitrogen and oxygen atoms in total. The molecule has 0 aliphatic carbocycles. The van der Waals surface area contributed by atoms with Crippen LogP contribution >= 0.6 is 11.8 Å². The largest absolute Gasteiger partial charge is 0.497 e. The van der Waals surface area contributed by atoms with Crippen LogP contribution in [0, 0.1) is 6.92 Å². The molecule has 0 saturated carbocycles. The van der Waals surface area contributed by atoms with Crippen molar-refractivity contribution in [3.05, 3.63) is 80.5 Å². The first-order chi connectivity index (χ1) is 18.9. The summed E-state index contributed by atoms with van der Waals surface area (Å²) in [6.07, 6.45) is 1.53. The Kier molecular flexibility index (Phi) is 9.75. The van der Waals surface area contributed by atoms with E-state index in [-0.39, 0.29) is 11.5 Å². The van der Waals surface area contributed by atoms with E-state index in [1.54, 1.807) is 7.11 Å². The number of thioether (sulfide) groups is 1. The van der Waals surface area contributed by atoms with Crippen molar-refractivity contribution in [2.75, 3.05) is 55.0 Å². The number of aromatic amines is 1. The number of ether oxygens (including phenoxy) is 1. The number of hydrogen-bond donors (Lipinski definition) is 2. The number of hydrogen-bond acceptors (Lipinski definition) is 7. The average molecular weight is 552 g/mol. The van der Waals surface area contributed by atoms with Crippen LogP contribution in [0.1, 0.15) is 24.5 Å². The lowest BCUT2D eigenvalue weighted by Gasteiger charge is -2.36. The van der Waals surface area contributed by atoms with Gasteiger partial charge in [0.05, 0.1) is 12.9 Å². The van der Waals surface area contributed by atoms with Gasteiger partial charge in [0.25, 0.3) is 5.56 Å². The van der Waals surface area contributed by atoms with Crippen molar-refractivity contribution in [3.63, 3.8) is 0 Å². The summed E-state index contributed by atoms with van der Waals surface area (Å²) in [7, 11) is 1.65. The second kappa shape index (κ2) is 13.4. The zero-order chi connectivity index (χ0) is 27.8. The van der Waals surface area contributed by atoms with E-state index in [4.69, 9.17) is 4.74 Å². The summed E-state index contributed by atoms with van der Waals surface area (Å²) in [6.45, 7) is 7.43. The topological polar surface area (TPSA) is 99.7 Å². The van der Waals surface area contributed by atoms with Gasteiger partial charge in [0.1, 0.15) is 11.6 Å². The molecule has 10 heteroatoms. The number of carbonyl (C=O) groups is 1. The van der Waals surface area contributed by atoms with E-state index in [1.165, 1.54) is 33.5 Å². The van der Waals surface area contributed by atoms with E-state index in [2.05, 4.69) is 29.0 Å². The molecular formula is C29H37N5O4S. The van der Waals surface area contributed by atoms with E-state index in [1.807, 2.05) is 47.4 Å². The normalized spacial score (nSPS) is 13.4. The van der Waals surface area contributed by atoms with Crippen LogP contribution in [-0.2, 0) is 17.8 Å². The summed E-state index contributed by atoms with van der Waals surface area (Å²) in [5, 5.41) is 3.13. The van der Waals surface area contributed by atoms with Crippen molar-refractivity contribution < 1.29 is 9.53 Å². The number of methoxy groups -OCH3 is 1. The second-order valence-corrected chi connectivity index (χ2v) is 10.7. The molecule has 2 aromatic carbocycles. The van der Waals surface area contributed by atoms with Crippen molar-refractivity contribution in [1.82, 2.24) is 14.5 Å². The molecule has 3 aromatic rings. The van der Waals surface area contributed by atoms with E-state index in [9.17, 15) is 14.4 Å². The lowest BCUT2D eigenvalue weighted by molar-refractivity contribution is -0.128. The summed E-state index contributed by atoms with van der Waals surface area (Å²) in [4.78, 5) is 44.8. The van der Waals surface area contributed by atoms with Crippen molar-refractivity contribution in [2.45, 2.75) is 33.2 Å². The third-order valence-corrected chi connectivity index (χ3v) is 8.02. The first-order valence-electron chi connectivity index (χ1n) is 13.3. The molecule has 208 valence electrons. The molecule has 1 fully saturated rings. The minimum Gasteiger partial charge on any atom is -0.497 e. The predicted molar refractivity (Wildman–Crippen MR) is 159 cm³/mol. The molecule has 0 unspecified atom stereocenters. The number of nitrogens with zero attached hydrogens (tertiary/aromatic N) is 3. The fraction of sp³-hybridized carbons (Fsp3) is 0.414. The molecule has 0 radical (unpaired) electrons. The van der Waals surface area contributed by atoms with Crippen molar-refractivity contribution in [2.24, 2.45) is 0 Å². The highest BCUT2D eigenvalue weighted by atomic mass is 32.2. The summed E-state index contributed by atoms with van der Waals surface area (Å²) < 4.78 is 6.43. The van der Waals surface area contributed by atoms with Gasteiger partial charge in [-0.25, -0.2) is 4.79 Å². The predicted octanol–water partition coefficient (Wildman–Crippen LogP) is 3.63. The summed E-state index contributed by atoms with van der Waals surface area (Å²) >= 11 is 1.54. The van der Waals surface area contributed by atoms with Gasteiger partial charge in [-0.15, -0.1) is 0 Å². The number of H-pyrrole nitrogens is 1. The number of aromatic nitrogens is 2. The summed E-state index contributed by atoms with van der Waals surface area (Å²) in [6, 6.07) is 15.4. The molecule has 4 rings (SSSR count). The van der Waals surface area contributed by atoms with Gasteiger partial charge < -0.3 is 19.9 Å². The quantitative estimate of drug-likeness (QED) is 0.351. The molecule has 0 bridgehead atoms. The van der Waals surface area contributed by atoms with Crippen LogP contribution < -0.4 is 26.2 Å². The summed E-state index contributed by atoms with van der Waals surface area (Å²) in [5.74, 6) is 2.41. The molecule has 1 aliphatic heterocycles.